The van der Waals surface area contributed by atoms with Gasteiger partial charge in [-0.25, -0.2) is 0 Å². The van der Waals surface area contributed by atoms with Crippen LogP contribution in [-0.2, 0) is 0 Å². The van der Waals surface area contributed by atoms with Gasteiger partial charge in [0.05, 0.1) is 11.4 Å². The molecule has 0 N–H and O–H groups in total. The molecule has 1 unspecified atom stereocenters. The van der Waals surface area contributed by atoms with Crippen molar-refractivity contribution in [3.63, 3.8) is 0 Å². The Kier molecular flexibility index (Phi) is 2.55. The van der Waals surface area contributed by atoms with Crippen molar-refractivity contribution >= 4 is 23.2 Å². The van der Waals surface area contributed by atoms with Gasteiger partial charge in [-0.3, -0.25) is 4.42 Å². The molecule has 1 atom stereocenters. The number of benzene rings is 1. The summed E-state index contributed by atoms with van der Waals surface area (Å²) < 4.78 is 1.85. The first-order valence-corrected chi connectivity index (χ1v) is 5.44. The number of anilines is 2. The zero-order valence-corrected chi connectivity index (χ0v) is 9.33. The monoisotopic (exact) mass is 210 g/mol. The maximum atomic E-state index is 6.27. The first-order chi connectivity index (χ1) is 6.79. The highest BCUT2D eigenvalue weighted by Gasteiger charge is 2.32. The lowest BCUT2D eigenvalue weighted by atomic mass is 10.2. The van der Waals surface area contributed by atoms with Crippen LogP contribution in [0.2, 0.25) is 0 Å². The van der Waals surface area contributed by atoms with Crippen LogP contribution in [0.3, 0.4) is 0 Å². The highest BCUT2D eigenvalue weighted by molar-refractivity contribution is 6.28. The first-order valence-electron chi connectivity index (χ1n) is 5.10. The van der Waals surface area contributed by atoms with Gasteiger partial charge in [0, 0.05) is 18.3 Å². The van der Waals surface area contributed by atoms with Gasteiger partial charge in [0.2, 0.25) is 0 Å². The number of rotatable bonds is 2. The van der Waals surface area contributed by atoms with Crippen molar-refractivity contribution in [2.45, 2.75) is 26.4 Å². The number of halogens is 1. The molecule has 0 radical (unpaired) electrons. The Bertz CT molecular complexity index is 327. The van der Waals surface area contributed by atoms with Crippen LogP contribution in [0, 0.1) is 0 Å². The average molecular weight is 211 g/mol. The molecule has 0 aliphatic carbocycles. The molecular weight excluding hydrogens is 196 g/mol. The molecule has 76 valence electrons. The molecule has 0 saturated heterocycles. The van der Waals surface area contributed by atoms with Crippen molar-refractivity contribution in [3.8, 4) is 0 Å². The fourth-order valence-electron chi connectivity index (χ4n) is 2.09. The minimum atomic E-state index is 0.305. The van der Waals surface area contributed by atoms with E-state index in [0.717, 1.165) is 18.7 Å². The standard InChI is InChI=1S/C11H15ClN2/c1-3-11-13(4-2)9-7-5-6-8-10(9)14(11)12/h5-8,11H,3-4H2,1-2H3. The predicted molar refractivity (Wildman–Crippen MR) is 61.9 cm³/mol. The molecule has 0 bridgehead atoms. The van der Waals surface area contributed by atoms with Crippen LogP contribution in [-0.4, -0.2) is 12.7 Å². The second kappa shape index (κ2) is 3.70. The fraction of sp³-hybridized carbons (Fsp3) is 0.455. The average Bonchev–Trinajstić information content (AvgIpc) is 2.51. The molecule has 14 heavy (non-hydrogen) atoms. The Balaban J connectivity index is 2.43. The molecule has 2 rings (SSSR count). The van der Waals surface area contributed by atoms with E-state index in [0.29, 0.717) is 6.17 Å². The Labute approximate surface area is 90.2 Å². The van der Waals surface area contributed by atoms with Crippen LogP contribution in [0.5, 0.6) is 0 Å². The summed E-state index contributed by atoms with van der Waals surface area (Å²) in [6, 6.07) is 8.29. The topological polar surface area (TPSA) is 6.48 Å². The first kappa shape index (κ1) is 9.66. The predicted octanol–water partition coefficient (Wildman–Crippen LogP) is 3.22. The van der Waals surface area contributed by atoms with E-state index in [2.05, 4.69) is 36.9 Å². The lowest BCUT2D eigenvalue weighted by Gasteiger charge is -2.26. The van der Waals surface area contributed by atoms with Gasteiger partial charge >= 0.3 is 0 Å². The summed E-state index contributed by atoms with van der Waals surface area (Å²) in [5, 5.41) is 0. The SMILES string of the molecule is CCC1N(Cl)c2ccccc2N1CC. The summed E-state index contributed by atoms with van der Waals surface area (Å²) in [6.07, 6.45) is 1.34. The molecule has 0 fully saturated rings. The summed E-state index contributed by atoms with van der Waals surface area (Å²) in [5.74, 6) is 0. The zero-order chi connectivity index (χ0) is 10.1. The molecule has 0 aromatic heterocycles. The van der Waals surface area contributed by atoms with E-state index >= 15 is 0 Å². The molecular formula is C11H15ClN2. The molecule has 1 aromatic rings. The number of hydrogen-bond donors (Lipinski definition) is 0. The second-order valence-electron chi connectivity index (χ2n) is 3.47. The van der Waals surface area contributed by atoms with E-state index in [1.165, 1.54) is 5.69 Å². The Morgan fingerprint density at radius 3 is 2.43 bits per heavy atom. The molecule has 3 heteroatoms. The van der Waals surface area contributed by atoms with Crippen LogP contribution in [0.1, 0.15) is 20.3 Å². The normalized spacial score (nSPS) is 20.1. The lowest BCUT2D eigenvalue weighted by Crippen LogP contribution is -2.38. The molecule has 1 heterocycles. The molecule has 0 amide bonds. The van der Waals surface area contributed by atoms with E-state index < -0.39 is 0 Å². The zero-order valence-electron chi connectivity index (χ0n) is 8.57. The Morgan fingerprint density at radius 2 is 1.86 bits per heavy atom. The van der Waals surface area contributed by atoms with Gasteiger partial charge < -0.3 is 4.90 Å². The number of fused-ring (bicyclic) bond motifs is 1. The molecule has 0 saturated carbocycles. The van der Waals surface area contributed by atoms with Gasteiger partial charge in [0.25, 0.3) is 0 Å². The van der Waals surface area contributed by atoms with Gasteiger partial charge in [-0.1, -0.05) is 19.1 Å². The Hall–Kier alpha value is -0.890. The second-order valence-corrected chi connectivity index (χ2v) is 3.84. The highest BCUT2D eigenvalue weighted by Crippen LogP contribution is 2.41. The molecule has 1 aromatic carbocycles. The van der Waals surface area contributed by atoms with Crippen molar-refractivity contribution in [2.24, 2.45) is 0 Å². The van der Waals surface area contributed by atoms with Gasteiger partial charge in [0.1, 0.15) is 6.17 Å². The molecule has 2 nitrogen and oxygen atoms in total. The van der Waals surface area contributed by atoms with Crippen LogP contribution in [0.4, 0.5) is 11.4 Å². The van der Waals surface area contributed by atoms with Crippen molar-refractivity contribution < 1.29 is 0 Å². The fourth-order valence-corrected chi connectivity index (χ4v) is 2.48. The molecule has 0 spiro atoms. The summed E-state index contributed by atoms with van der Waals surface area (Å²) in [7, 11) is 0. The summed E-state index contributed by atoms with van der Waals surface area (Å²) in [5.41, 5.74) is 2.37. The largest absolute Gasteiger partial charge is 0.349 e. The quantitative estimate of drug-likeness (QED) is 0.692. The van der Waals surface area contributed by atoms with Crippen LogP contribution >= 0.6 is 11.8 Å². The Morgan fingerprint density at radius 1 is 1.21 bits per heavy atom. The number of para-hydroxylation sites is 2. The van der Waals surface area contributed by atoms with Crippen LogP contribution in [0.25, 0.3) is 0 Å². The van der Waals surface area contributed by atoms with E-state index in [4.69, 9.17) is 11.8 Å². The maximum Gasteiger partial charge on any atom is 0.117 e. The third kappa shape index (κ3) is 1.25. The summed E-state index contributed by atoms with van der Waals surface area (Å²) in [6.45, 7) is 5.32. The van der Waals surface area contributed by atoms with Crippen molar-refractivity contribution in [1.82, 2.24) is 0 Å². The third-order valence-corrected chi connectivity index (χ3v) is 3.16. The lowest BCUT2D eigenvalue weighted by molar-refractivity contribution is 0.636. The van der Waals surface area contributed by atoms with Gasteiger partial charge in [0.15, 0.2) is 0 Å². The minimum Gasteiger partial charge on any atom is -0.349 e. The number of nitrogens with zero attached hydrogens (tertiary/aromatic N) is 2. The minimum absolute atomic E-state index is 0.305. The van der Waals surface area contributed by atoms with Gasteiger partial charge in [-0.2, -0.15) is 0 Å². The molecule has 1 aliphatic heterocycles. The van der Waals surface area contributed by atoms with Crippen LogP contribution in [0.15, 0.2) is 24.3 Å². The van der Waals surface area contributed by atoms with Crippen molar-refractivity contribution in [3.05, 3.63) is 24.3 Å². The van der Waals surface area contributed by atoms with Crippen molar-refractivity contribution in [2.75, 3.05) is 15.9 Å². The smallest absolute Gasteiger partial charge is 0.117 e. The van der Waals surface area contributed by atoms with E-state index in [1.54, 1.807) is 0 Å². The van der Waals surface area contributed by atoms with Crippen molar-refractivity contribution in [1.29, 1.82) is 0 Å². The third-order valence-electron chi connectivity index (χ3n) is 2.75. The maximum absolute atomic E-state index is 6.27. The molecule has 1 aliphatic rings. The van der Waals surface area contributed by atoms with E-state index in [-0.39, 0.29) is 0 Å². The summed E-state index contributed by atoms with van der Waals surface area (Å²) in [4.78, 5) is 2.34. The highest BCUT2D eigenvalue weighted by atomic mass is 35.5. The summed E-state index contributed by atoms with van der Waals surface area (Å²) >= 11 is 6.27. The van der Waals surface area contributed by atoms with Gasteiger partial charge in [-0.15, -0.1) is 0 Å². The number of hydrogen-bond acceptors (Lipinski definition) is 2. The van der Waals surface area contributed by atoms with E-state index in [9.17, 15) is 0 Å². The van der Waals surface area contributed by atoms with E-state index in [1.807, 2.05) is 10.5 Å². The van der Waals surface area contributed by atoms with Crippen LogP contribution < -0.4 is 9.32 Å². The van der Waals surface area contributed by atoms with Gasteiger partial charge in [-0.05, 0) is 25.5 Å².